The SMILES string of the molecule is CSCC[C@H](NC(=O)OC(C)(C)C)C(=O)NNC(=O)Oc1ccc([N+](=O)[O-])cc1. The van der Waals surface area contributed by atoms with E-state index in [9.17, 15) is 24.5 Å². The maximum atomic E-state index is 12.3. The van der Waals surface area contributed by atoms with Gasteiger partial charge in [-0.3, -0.25) is 20.3 Å². The molecular formula is C17H24N4O7S. The molecule has 0 aliphatic heterocycles. The topological polar surface area (TPSA) is 149 Å². The van der Waals surface area contributed by atoms with Gasteiger partial charge in [0, 0.05) is 12.1 Å². The van der Waals surface area contributed by atoms with Crippen molar-refractivity contribution in [3.63, 3.8) is 0 Å². The predicted molar refractivity (Wildman–Crippen MR) is 107 cm³/mol. The Labute approximate surface area is 172 Å². The van der Waals surface area contributed by atoms with Crippen molar-refractivity contribution >= 4 is 35.5 Å². The number of nitrogens with one attached hydrogen (secondary N) is 3. The third-order valence-electron chi connectivity index (χ3n) is 3.16. The minimum Gasteiger partial charge on any atom is -0.444 e. The molecule has 1 atom stereocenters. The van der Waals surface area contributed by atoms with E-state index in [2.05, 4.69) is 16.2 Å². The Hall–Kier alpha value is -3.02. The number of hydrogen-bond donors (Lipinski definition) is 3. The van der Waals surface area contributed by atoms with E-state index in [0.717, 1.165) is 0 Å². The number of rotatable bonds is 7. The molecule has 0 saturated carbocycles. The highest BCUT2D eigenvalue weighted by molar-refractivity contribution is 7.98. The van der Waals surface area contributed by atoms with Crippen LogP contribution in [0.25, 0.3) is 0 Å². The molecule has 0 saturated heterocycles. The first kappa shape index (κ1) is 24.0. The summed E-state index contributed by atoms with van der Waals surface area (Å²) in [6, 6.07) is 3.89. The lowest BCUT2D eigenvalue weighted by Crippen LogP contribution is -2.53. The van der Waals surface area contributed by atoms with Crippen molar-refractivity contribution < 1.29 is 28.8 Å². The van der Waals surface area contributed by atoms with Crippen molar-refractivity contribution in [3.8, 4) is 5.75 Å². The van der Waals surface area contributed by atoms with Gasteiger partial charge in [0.2, 0.25) is 0 Å². The summed E-state index contributed by atoms with van der Waals surface area (Å²) in [5, 5.41) is 13.1. The third kappa shape index (κ3) is 9.65. The lowest BCUT2D eigenvalue weighted by Gasteiger charge is -2.23. The highest BCUT2D eigenvalue weighted by Crippen LogP contribution is 2.17. The van der Waals surface area contributed by atoms with Crippen LogP contribution >= 0.6 is 11.8 Å². The van der Waals surface area contributed by atoms with Gasteiger partial charge in [0.25, 0.3) is 11.6 Å². The summed E-state index contributed by atoms with van der Waals surface area (Å²) in [5.74, 6) is -0.0278. The van der Waals surface area contributed by atoms with Crippen molar-refractivity contribution in [1.29, 1.82) is 0 Å². The molecule has 11 nitrogen and oxygen atoms in total. The number of hydrogen-bond acceptors (Lipinski definition) is 8. The summed E-state index contributed by atoms with van der Waals surface area (Å²) in [7, 11) is 0. The van der Waals surface area contributed by atoms with Crippen molar-refractivity contribution in [2.75, 3.05) is 12.0 Å². The van der Waals surface area contributed by atoms with Gasteiger partial charge < -0.3 is 14.8 Å². The zero-order chi connectivity index (χ0) is 22.0. The molecule has 29 heavy (non-hydrogen) atoms. The molecule has 0 spiro atoms. The smallest absolute Gasteiger partial charge is 0.431 e. The zero-order valence-corrected chi connectivity index (χ0v) is 17.3. The molecule has 1 aromatic carbocycles. The zero-order valence-electron chi connectivity index (χ0n) is 16.5. The summed E-state index contributed by atoms with van der Waals surface area (Å²) in [5.41, 5.74) is 3.33. The quantitative estimate of drug-likeness (QED) is 0.443. The number of ether oxygens (including phenoxy) is 2. The maximum absolute atomic E-state index is 12.3. The number of carbonyl (C=O) groups is 3. The van der Waals surface area contributed by atoms with Crippen LogP contribution in [0.15, 0.2) is 24.3 Å². The predicted octanol–water partition coefficient (Wildman–Crippen LogP) is 2.36. The average Bonchev–Trinajstić information content (AvgIpc) is 2.62. The molecule has 0 bridgehead atoms. The summed E-state index contributed by atoms with van der Waals surface area (Å²) in [6.07, 6.45) is 0.397. The Bertz CT molecular complexity index is 734. The first-order chi connectivity index (χ1) is 13.5. The normalized spacial score (nSPS) is 11.7. The Kier molecular flexibility index (Phi) is 9.19. The lowest BCUT2D eigenvalue weighted by molar-refractivity contribution is -0.384. The first-order valence-electron chi connectivity index (χ1n) is 8.52. The molecule has 3 amide bonds. The summed E-state index contributed by atoms with van der Waals surface area (Å²) >= 11 is 1.48. The number of amides is 3. The van der Waals surface area contributed by atoms with Crippen LogP contribution in [0.4, 0.5) is 15.3 Å². The van der Waals surface area contributed by atoms with Crippen molar-refractivity contribution in [1.82, 2.24) is 16.2 Å². The van der Waals surface area contributed by atoms with Gasteiger partial charge in [0.15, 0.2) is 0 Å². The van der Waals surface area contributed by atoms with Crippen LogP contribution in [-0.2, 0) is 9.53 Å². The molecule has 0 aromatic heterocycles. The number of carbonyl (C=O) groups excluding carboxylic acids is 3. The van der Waals surface area contributed by atoms with E-state index < -0.39 is 34.7 Å². The third-order valence-corrected chi connectivity index (χ3v) is 3.81. The fourth-order valence-corrected chi connectivity index (χ4v) is 2.39. The van der Waals surface area contributed by atoms with Crippen molar-refractivity contribution in [3.05, 3.63) is 34.4 Å². The monoisotopic (exact) mass is 428 g/mol. The Morgan fingerprint density at radius 1 is 1.14 bits per heavy atom. The molecule has 0 aliphatic rings. The van der Waals surface area contributed by atoms with Crippen LogP contribution in [0.1, 0.15) is 27.2 Å². The van der Waals surface area contributed by atoms with Gasteiger partial charge in [-0.25, -0.2) is 15.0 Å². The molecule has 0 aliphatic carbocycles. The largest absolute Gasteiger partial charge is 0.444 e. The van der Waals surface area contributed by atoms with Crippen LogP contribution in [-0.4, -0.2) is 46.7 Å². The van der Waals surface area contributed by atoms with E-state index in [4.69, 9.17) is 9.47 Å². The molecule has 1 rings (SSSR count). The van der Waals surface area contributed by atoms with Gasteiger partial charge in [-0.2, -0.15) is 11.8 Å². The van der Waals surface area contributed by atoms with E-state index in [0.29, 0.717) is 12.2 Å². The second-order valence-electron chi connectivity index (χ2n) is 6.74. The molecule has 0 unspecified atom stereocenters. The van der Waals surface area contributed by atoms with Crippen molar-refractivity contribution in [2.45, 2.75) is 38.8 Å². The number of alkyl carbamates (subject to hydrolysis) is 1. The van der Waals surface area contributed by atoms with Crippen LogP contribution in [0.5, 0.6) is 5.75 Å². The van der Waals surface area contributed by atoms with E-state index in [1.54, 1.807) is 20.8 Å². The summed E-state index contributed by atoms with van der Waals surface area (Å²) < 4.78 is 10.0. The Morgan fingerprint density at radius 3 is 2.28 bits per heavy atom. The van der Waals surface area contributed by atoms with Gasteiger partial charge in [-0.1, -0.05) is 0 Å². The highest BCUT2D eigenvalue weighted by atomic mass is 32.2. The molecule has 160 valence electrons. The number of benzene rings is 1. The van der Waals surface area contributed by atoms with Crippen LogP contribution in [0.2, 0.25) is 0 Å². The molecule has 12 heteroatoms. The van der Waals surface area contributed by atoms with Gasteiger partial charge >= 0.3 is 12.2 Å². The fourth-order valence-electron chi connectivity index (χ4n) is 1.92. The molecule has 0 radical (unpaired) electrons. The second-order valence-corrected chi connectivity index (χ2v) is 7.72. The maximum Gasteiger partial charge on any atom is 0.431 e. The molecule has 3 N–H and O–H groups in total. The second kappa shape index (κ2) is 11.1. The fraction of sp³-hybridized carbons (Fsp3) is 0.471. The number of nitro groups is 1. The van der Waals surface area contributed by atoms with Crippen LogP contribution in [0, 0.1) is 10.1 Å². The molecular weight excluding hydrogens is 404 g/mol. The van der Waals surface area contributed by atoms with Crippen LogP contribution in [0.3, 0.4) is 0 Å². The molecule has 0 fully saturated rings. The summed E-state index contributed by atoms with van der Waals surface area (Å²) in [4.78, 5) is 46.0. The van der Waals surface area contributed by atoms with E-state index in [1.807, 2.05) is 6.26 Å². The number of hydrazine groups is 1. The molecule has 0 heterocycles. The van der Waals surface area contributed by atoms with Gasteiger partial charge in [0.05, 0.1) is 4.92 Å². The number of nitrogens with zero attached hydrogens (tertiary/aromatic N) is 1. The van der Waals surface area contributed by atoms with E-state index >= 15 is 0 Å². The highest BCUT2D eigenvalue weighted by Gasteiger charge is 2.24. The van der Waals surface area contributed by atoms with E-state index in [-0.39, 0.29) is 11.4 Å². The first-order valence-corrected chi connectivity index (χ1v) is 9.92. The van der Waals surface area contributed by atoms with Crippen LogP contribution < -0.4 is 20.9 Å². The van der Waals surface area contributed by atoms with Crippen molar-refractivity contribution in [2.24, 2.45) is 0 Å². The minimum absolute atomic E-state index is 0.0492. The van der Waals surface area contributed by atoms with Gasteiger partial charge in [-0.05, 0) is 51.3 Å². The lowest BCUT2D eigenvalue weighted by atomic mass is 10.2. The van der Waals surface area contributed by atoms with Gasteiger partial charge in [0.1, 0.15) is 17.4 Å². The minimum atomic E-state index is -1.01. The molecule has 1 aromatic rings. The number of thioether (sulfide) groups is 1. The Morgan fingerprint density at radius 2 is 1.76 bits per heavy atom. The van der Waals surface area contributed by atoms with E-state index in [1.165, 1.54) is 36.0 Å². The number of non-ortho nitro benzene ring substituents is 1. The standard InChI is InChI=1S/C17H24N4O7S/c1-17(2,3)28-15(23)18-13(9-10-29-4)14(22)19-20-16(24)27-12-7-5-11(6-8-12)21(25)26/h5-8,13H,9-10H2,1-4H3,(H,18,23)(H,19,22)(H,20,24)/t13-/m0/s1. The summed E-state index contributed by atoms with van der Waals surface area (Å²) in [6.45, 7) is 5.08. The average molecular weight is 428 g/mol. The Balaban J connectivity index is 2.58. The van der Waals surface area contributed by atoms with Gasteiger partial charge in [-0.15, -0.1) is 0 Å². The number of nitro benzene ring substituents is 1.